The van der Waals surface area contributed by atoms with Gasteiger partial charge in [0, 0.05) is 28.3 Å². The molecular formula is C47H29N3O. The quantitative estimate of drug-likeness (QED) is 0.174. The zero-order chi connectivity index (χ0) is 33.7. The van der Waals surface area contributed by atoms with Crippen LogP contribution in [0.1, 0.15) is 0 Å². The van der Waals surface area contributed by atoms with Crippen LogP contribution >= 0.6 is 0 Å². The van der Waals surface area contributed by atoms with E-state index in [4.69, 9.17) is 14.4 Å². The fourth-order valence-corrected chi connectivity index (χ4v) is 7.28. The molecule has 4 heteroatoms. The van der Waals surface area contributed by atoms with Crippen LogP contribution in [-0.4, -0.2) is 15.0 Å². The van der Waals surface area contributed by atoms with Gasteiger partial charge in [-0.3, -0.25) is 4.98 Å². The van der Waals surface area contributed by atoms with E-state index in [1.165, 1.54) is 21.5 Å². The van der Waals surface area contributed by atoms with Crippen molar-refractivity contribution in [3.63, 3.8) is 0 Å². The smallest absolute Gasteiger partial charge is 0.160 e. The molecule has 0 saturated heterocycles. The summed E-state index contributed by atoms with van der Waals surface area (Å²) in [5.74, 6) is 0.684. The van der Waals surface area contributed by atoms with E-state index in [9.17, 15) is 0 Å². The van der Waals surface area contributed by atoms with Gasteiger partial charge in [0.05, 0.1) is 11.4 Å². The molecular weight excluding hydrogens is 623 g/mol. The van der Waals surface area contributed by atoms with Crippen molar-refractivity contribution in [1.29, 1.82) is 0 Å². The van der Waals surface area contributed by atoms with Crippen LogP contribution in [0.3, 0.4) is 0 Å². The van der Waals surface area contributed by atoms with Gasteiger partial charge in [0.15, 0.2) is 11.4 Å². The summed E-state index contributed by atoms with van der Waals surface area (Å²) in [6, 6.07) is 59.3. The third kappa shape index (κ3) is 5.04. The van der Waals surface area contributed by atoms with Gasteiger partial charge in [-0.15, -0.1) is 0 Å². The molecule has 0 saturated carbocycles. The largest absolute Gasteiger partial charge is 0.454 e. The van der Waals surface area contributed by atoms with Crippen LogP contribution < -0.4 is 0 Å². The van der Waals surface area contributed by atoms with Crippen LogP contribution in [0.2, 0.25) is 0 Å². The second kappa shape index (κ2) is 11.9. The topological polar surface area (TPSA) is 51.8 Å². The summed E-state index contributed by atoms with van der Waals surface area (Å²) in [4.78, 5) is 15.1. The summed E-state index contributed by atoms with van der Waals surface area (Å²) < 4.78 is 6.12. The van der Waals surface area contributed by atoms with E-state index >= 15 is 0 Å². The second-order valence-electron chi connectivity index (χ2n) is 12.8. The zero-order valence-corrected chi connectivity index (χ0v) is 27.5. The van der Waals surface area contributed by atoms with Crippen LogP contribution in [0.4, 0.5) is 0 Å². The Hall–Kier alpha value is -6.91. The zero-order valence-electron chi connectivity index (χ0n) is 27.5. The van der Waals surface area contributed by atoms with Gasteiger partial charge in [-0.2, -0.15) is 0 Å². The Morgan fingerprint density at radius 1 is 0.373 bits per heavy atom. The van der Waals surface area contributed by atoms with Crippen LogP contribution in [0.15, 0.2) is 180 Å². The molecule has 4 nitrogen and oxygen atoms in total. The number of benzene rings is 7. The van der Waals surface area contributed by atoms with Crippen molar-refractivity contribution < 1.29 is 4.42 Å². The average molecular weight is 652 g/mol. The molecule has 10 rings (SSSR count). The highest BCUT2D eigenvalue weighted by Gasteiger charge is 2.19. The molecule has 0 radical (unpaired) electrons. The molecule has 0 fully saturated rings. The Bertz CT molecular complexity index is 2860. The van der Waals surface area contributed by atoms with E-state index < -0.39 is 0 Å². The van der Waals surface area contributed by atoms with Gasteiger partial charge in [0.2, 0.25) is 0 Å². The molecule has 0 aliphatic heterocycles. The van der Waals surface area contributed by atoms with Crippen LogP contribution in [0, 0.1) is 0 Å². The summed E-state index contributed by atoms with van der Waals surface area (Å²) in [6.07, 6.45) is 1.81. The third-order valence-electron chi connectivity index (χ3n) is 9.74. The molecule has 0 atom stereocenters. The minimum Gasteiger partial charge on any atom is -0.454 e. The normalized spacial score (nSPS) is 11.5. The number of hydrogen-bond acceptors (Lipinski definition) is 4. The van der Waals surface area contributed by atoms with E-state index in [0.29, 0.717) is 5.82 Å². The Balaban J connectivity index is 1.26. The van der Waals surface area contributed by atoms with Gasteiger partial charge in [0.1, 0.15) is 11.1 Å². The summed E-state index contributed by atoms with van der Waals surface area (Å²) in [5, 5.41) is 5.85. The molecule has 0 unspecified atom stereocenters. The molecule has 0 bridgehead atoms. The molecule has 0 amide bonds. The number of aromatic nitrogens is 3. The van der Waals surface area contributed by atoms with Crippen molar-refractivity contribution in [2.45, 2.75) is 0 Å². The van der Waals surface area contributed by atoms with Crippen molar-refractivity contribution >= 4 is 43.6 Å². The van der Waals surface area contributed by atoms with E-state index in [1.807, 2.05) is 48.7 Å². The Morgan fingerprint density at radius 3 is 1.90 bits per heavy atom. The predicted octanol–water partition coefficient (Wildman–Crippen LogP) is 12.4. The first-order valence-corrected chi connectivity index (χ1v) is 17.1. The van der Waals surface area contributed by atoms with E-state index in [-0.39, 0.29) is 0 Å². The van der Waals surface area contributed by atoms with Crippen molar-refractivity contribution in [2.75, 3.05) is 0 Å². The molecule has 0 aliphatic rings. The van der Waals surface area contributed by atoms with Crippen molar-refractivity contribution in [1.82, 2.24) is 15.0 Å². The number of pyridine rings is 1. The number of fused-ring (bicyclic) bond motifs is 6. The lowest BCUT2D eigenvalue weighted by molar-refractivity contribution is 0.668. The molecule has 7 aromatic carbocycles. The molecule has 0 aliphatic carbocycles. The number of furan rings is 1. The third-order valence-corrected chi connectivity index (χ3v) is 9.74. The maximum Gasteiger partial charge on any atom is 0.160 e. The van der Waals surface area contributed by atoms with Gasteiger partial charge < -0.3 is 4.42 Å². The van der Waals surface area contributed by atoms with Gasteiger partial charge in [0.25, 0.3) is 0 Å². The second-order valence-corrected chi connectivity index (χ2v) is 12.8. The first kappa shape index (κ1) is 29.0. The number of nitrogens with zero attached hydrogens (tertiary/aromatic N) is 3. The molecule has 10 aromatic rings. The molecule has 3 heterocycles. The lowest BCUT2D eigenvalue weighted by Gasteiger charge is -2.17. The van der Waals surface area contributed by atoms with Crippen LogP contribution in [0.25, 0.3) is 99.8 Å². The summed E-state index contributed by atoms with van der Waals surface area (Å²) >= 11 is 0. The van der Waals surface area contributed by atoms with Gasteiger partial charge in [-0.05, 0) is 86.3 Å². The lowest BCUT2D eigenvalue weighted by atomic mass is 9.88. The predicted molar refractivity (Wildman–Crippen MR) is 209 cm³/mol. The highest BCUT2D eigenvalue weighted by atomic mass is 16.3. The monoisotopic (exact) mass is 651 g/mol. The van der Waals surface area contributed by atoms with Crippen LogP contribution in [0.5, 0.6) is 0 Å². The highest BCUT2D eigenvalue weighted by Crippen LogP contribution is 2.42. The maximum atomic E-state index is 6.12. The number of hydrogen-bond donors (Lipinski definition) is 0. The van der Waals surface area contributed by atoms with Crippen molar-refractivity contribution in [3.05, 3.63) is 176 Å². The van der Waals surface area contributed by atoms with Crippen molar-refractivity contribution in [3.8, 4) is 56.2 Å². The molecule has 51 heavy (non-hydrogen) atoms. The van der Waals surface area contributed by atoms with Crippen molar-refractivity contribution in [2.24, 2.45) is 0 Å². The summed E-state index contributed by atoms with van der Waals surface area (Å²) in [5.41, 5.74) is 11.7. The van der Waals surface area contributed by atoms with E-state index in [0.717, 1.165) is 72.4 Å². The fraction of sp³-hybridized carbons (Fsp3) is 0. The molecule has 238 valence electrons. The minimum atomic E-state index is 0.684. The average Bonchev–Trinajstić information content (AvgIpc) is 3.59. The highest BCUT2D eigenvalue weighted by molar-refractivity contribution is 6.15. The standard InChI is InChI=1S/C47H29N3O/c1-3-12-30(13-4-1)42-29-43(50-47(49-42)31-14-5-2-6-15-31)40-26-32(33-22-24-44-41(27-33)46-45(51-44)20-11-25-48-46)21-23-38(40)39-28-34-16-7-8-17-35(34)36-18-9-10-19-37(36)39/h1-29H. The minimum absolute atomic E-state index is 0.684. The van der Waals surface area contributed by atoms with E-state index in [2.05, 4.69) is 132 Å². The molecule has 0 N–H and O–H groups in total. The Morgan fingerprint density at radius 2 is 1.06 bits per heavy atom. The Labute approximate surface area is 294 Å². The summed E-state index contributed by atoms with van der Waals surface area (Å²) in [6.45, 7) is 0. The van der Waals surface area contributed by atoms with E-state index in [1.54, 1.807) is 0 Å². The first-order chi connectivity index (χ1) is 25.3. The van der Waals surface area contributed by atoms with Gasteiger partial charge >= 0.3 is 0 Å². The summed E-state index contributed by atoms with van der Waals surface area (Å²) in [7, 11) is 0. The Kier molecular flexibility index (Phi) is 6.78. The van der Waals surface area contributed by atoms with Gasteiger partial charge in [-0.1, -0.05) is 127 Å². The number of rotatable bonds is 5. The van der Waals surface area contributed by atoms with Gasteiger partial charge in [-0.25, -0.2) is 9.97 Å². The van der Waals surface area contributed by atoms with Crippen LogP contribution in [-0.2, 0) is 0 Å². The lowest BCUT2D eigenvalue weighted by Crippen LogP contribution is -1.98. The molecule has 0 spiro atoms. The fourth-order valence-electron chi connectivity index (χ4n) is 7.28. The maximum absolute atomic E-state index is 6.12. The SMILES string of the molecule is c1ccc(-c2cc(-c3cc(-c4ccc5oc6cccnc6c5c4)ccc3-c3cc4ccccc4c4ccccc34)nc(-c3ccccc3)n2)cc1. The molecule has 3 aromatic heterocycles. The first-order valence-electron chi connectivity index (χ1n) is 17.1.